The highest BCUT2D eigenvalue weighted by Gasteiger charge is 2.30. The Morgan fingerprint density at radius 2 is 1.59 bits per heavy atom. The van der Waals surface area contributed by atoms with E-state index in [1.165, 1.54) is 24.1 Å². The van der Waals surface area contributed by atoms with Crippen LogP contribution in [0.15, 0.2) is 66.7 Å². The van der Waals surface area contributed by atoms with Crippen LogP contribution >= 0.6 is 0 Å². The first kappa shape index (κ1) is 24.9. The average Bonchev–Trinajstić information content (AvgIpc) is 3.54. The predicted octanol–water partition coefficient (Wildman–Crippen LogP) is 5.94. The molecule has 5 rings (SSSR count). The number of ether oxygens (including phenoxy) is 1. The summed E-state index contributed by atoms with van der Waals surface area (Å²) in [5.41, 5.74) is 7.86. The maximum absolute atomic E-state index is 12.7. The lowest BCUT2D eigenvalue weighted by Crippen LogP contribution is -2.43. The van der Waals surface area contributed by atoms with Gasteiger partial charge in [0.1, 0.15) is 12.6 Å². The summed E-state index contributed by atoms with van der Waals surface area (Å²) in [7, 11) is 0. The Morgan fingerprint density at radius 1 is 0.973 bits per heavy atom. The molecule has 1 heterocycles. The minimum absolute atomic E-state index is 0.0758. The van der Waals surface area contributed by atoms with E-state index in [9.17, 15) is 14.7 Å². The molecule has 0 aromatic heterocycles. The first-order valence-electron chi connectivity index (χ1n) is 13.1. The van der Waals surface area contributed by atoms with Gasteiger partial charge in [0, 0.05) is 31.1 Å². The minimum atomic E-state index is -1.08. The summed E-state index contributed by atoms with van der Waals surface area (Å²) in [5.74, 6) is -0.842. The summed E-state index contributed by atoms with van der Waals surface area (Å²) in [5, 5.41) is 12.4. The molecule has 1 saturated heterocycles. The van der Waals surface area contributed by atoms with Gasteiger partial charge < -0.3 is 20.1 Å². The van der Waals surface area contributed by atoms with E-state index in [1.54, 1.807) is 0 Å². The number of nitrogens with zero attached hydrogens (tertiary/aromatic N) is 1. The van der Waals surface area contributed by atoms with Gasteiger partial charge in [-0.15, -0.1) is 0 Å². The van der Waals surface area contributed by atoms with E-state index < -0.39 is 18.1 Å². The number of hydrogen-bond donors (Lipinski definition) is 2. The Bertz CT molecular complexity index is 1250. The maximum atomic E-state index is 12.7. The highest BCUT2D eigenvalue weighted by molar-refractivity contribution is 5.81. The molecule has 0 spiro atoms. The molecule has 0 radical (unpaired) electrons. The van der Waals surface area contributed by atoms with Gasteiger partial charge in [0.25, 0.3) is 0 Å². The van der Waals surface area contributed by atoms with Crippen LogP contribution in [0.5, 0.6) is 0 Å². The smallest absolute Gasteiger partial charge is 0.407 e. The molecule has 0 saturated carbocycles. The normalized spacial score (nSPS) is 15.4. The molecule has 1 amide bonds. The fraction of sp³-hybridized carbons (Fsp3) is 0.355. The van der Waals surface area contributed by atoms with Crippen LogP contribution in [-0.4, -0.2) is 42.9 Å². The van der Waals surface area contributed by atoms with Gasteiger partial charge >= 0.3 is 12.1 Å². The SMILES string of the molecule is CC(C)c1cc(CC(NC(=O)OCC2c3ccccc3-c3ccccc32)C(=O)O)ccc1N1CCCC1. The Kier molecular flexibility index (Phi) is 7.17. The Labute approximate surface area is 218 Å². The molecule has 3 aromatic carbocycles. The number of rotatable bonds is 8. The number of amides is 1. The van der Waals surface area contributed by atoms with Crippen molar-refractivity contribution in [2.45, 2.75) is 51.0 Å². The minimum Gasteiger partial charge on any atom is -0.480 e. The summed E-state index contributed by atoms with van der Waals surface area (Å²) in [6.45, 7) is 6.57. The number of aliphatic carboxylic acids is 1. The number of alkyl carbamates (subject to hydrolysis) is 1. The highest BCUT2D eigenvalue weighted by atomic mass is 16.5. The third kappa shape index (κ3) is 5.19. The number of hydrogen-bond acceptors (Lipinski definition) is 4. The van der Waals surface area contributed by atoms with Gasteiger partial charge in [0.2, 0.25) is 0 Å². The van der Waals surface area contributed by atoms with Gasteiger partial charge in [-0.25, -0.2) is 9.59 Å². The second-order valence-electron chi connectivity index (χ2n) is 10.3. The van der Waals surface area contributed by atoms with Crippen LogP contribution in [0, 0.1) is 0 Å². The molecule has 192 valence electrons. The molecule has 1 unspecified atom stereocenters. The second-order valence-corrected chi connectivity index (χ2v) is 10.3. The van der Waals surface area contributed by atoms with Gasteiger partial charge in [0.15, 0.2) is 0 Å². The molecule has 1 fully saturated rings. The molecule has 1 aliphatic heterocycles. The van der Waals surface area contributed by atoms with Gasteiger partial charge in [0.05, 0.1) is 0 Å². The summed E-state index contributed by atoms with van der Waals surface area (Å²) >= 11 is 0. The van der Waals surface area contributed by atoms with Gasteiger partial charge in [-0.2, -0.15) is 0 Å². The van der Waals surface area contributed by atoms with E-state index in [0.29, 0.717) is 5.92 Å². The monoisotopic (exact) mass is 498 g/mol. The van der Waals surface area contributed by atoms with Crippen molar-refractivity contribution in [1.82, 2.24) is 5.32 Å². The number of carboxylic acids is 1. The van der Waals surface area contributed by atoms with E-state index in [-0.39, 0.29) is 18.9 Å². The third-order valence-electron chi connectivity index (χ3n) is 7.53. The van der Waals surface area contributed by atoms with Crippen molar-refractivity contribution < 1.29 is 19.4 Å². The quantitative estimate of drug-likeness (QED) is 0.402. The second kappa shape index (κ2) is 10.7. The molecule has 2 aliphatic rings. The lowest BCUT2D eigenvalue weighted by Gasteiger charge is -2.24. The third-order valence-corrected chi connectivity index (χ3v) is 7.53. The highest BCUT2D eigenvalue weighted by Crippen LogP contribution is 2.44. The van der Waals surface area contributed by atoms with Crippen molar-refractivity contribution in [3.05, 3.63) is 89.0 Å². The van der Waals surface area contributed by atoms with Crippen LogP contribution in [0.2, 0.25) is 0 Å². The average molecular weight is 499 g/mol. The first-order chi connectivity index (χ1) is 17.9. The molecule has 3 aromatic rings. The van der Waals surface area contributed by atoms with Crippen molar-refractivity contribution in [1.29, 1.82) is 0 Å². The van der Waals surface area contributed by atoms with Crippen LogP contribution in [-0.2, 0) is 16.0 Å². The molecule has 1 aliphatic carbocycles. The van der Waals surface area contributed by atoms with E-state index in [1.807, 2.05) is 30.3 Å². The molecule has 1 atom stereocenters. The number of carbonyl (C=O) groups is 2. The zero-order valence-corrected chi connectivity index (χ0v) is 21.4. The zero-order chi connectivity index (χ0) is 25.9. The van der Waals surface area contributed by atoms with E-state index >= 15 is 0 Å². The van der Waals surface area contributed by atoms with Crippen molar-refractivity contribution in [2.75, 3.05) is 24.6 Å². The van der Waals surface area contributed by atoms with E-state index in [4.69, 9.17) is 4.74 Å². The summed E-state index contributed by atoms with van der Waals surface area (Å²) in [4.78, 5) is 27.2. The van der Waals surface area contributed by atoms with E-state index in [0.717, 1.165) is 40.9 Å². The summed E-state index contributed by atoms with van der Waals surface area (Å²) < 4.78 is 5.59. The topological polar surface area (TPSA) is 78.9 Å². The number of carbonyl (C=O) groups excluding carboxylic acids is 1. The lowest BCUT2D eigenvalue weighted by atomic mass is 9.95. The Balaban J connectivity index is 1.26. The van der Waals surface area contributed by atoms with Gasteiger partial charge in [-0.3, -0.25) is 0 Å². The fourth-order valence-electron chi connectivity index (χ4n) is 5.66. The molecular formula is C31H34N2O4. The van der Waals surface area contributed by atoms with Crippen LogP contribution in [0.4, 0.5) is 10.5 Å². The molecule has 0 bridgehead atoms. The molecule has 6 heteroatoms. The van der Waals surface area contributed by atoms with Crippen molar-refractivity contribution >= 4 is 17.7 Å². The largest absolute Gasteiger partial charge is 0.480 e. The van der Waals surface area contributed by atoms with Crippen LogP contribution < -0.4 is 10.2 Å². The van der Waals surface area contributed by atoms with E-state index in [2.05, 4.69) is 60.5 Å². The van der Waals surface area contributed by atoms with Crippen molar-refractivity contribution in [3.63, 3.8) is 0 Å². The fourth-order valence-corrected chi connectivity index (χ4v) is 5.66. The van der Waals surface area contributed by atoms with Crippen molar-refractivity contribution in [3.8, 4) is 11.1 Å². The summed E-state index contributed by atoms with van der Waals surface area (Å²) in [6, 6.07) is 21.3. The number of anilines is 1. The molecule has 6 nitrogen and oxygen atoms in total. The number of nitrogens with one attached hydrogen (secondary N) is 1. The molecular weight excluding hydrogens is 464 g/mol. The van der Waals surface area contributed by atoms with Crippen molar-refractivity contribution in [2.24, 2.45) is 0 Å². The molecule has 37 heavy (non-hydrogen) atoms. The number of fused-ring (bicyclic) bond motifs is 3. The number of carboxylic acid groups (broad SMARTS) is 1. The lowest BCUT2D eigenvalue weighted by molar-refractivity contribution is -0.139. The van der Waals surface area contributed by atoms with Crippen LogP contribution in [0.3, 0.4) is 0 Å². The zero-order valence-electron chi connectivity index (χ0n) is 21.4. The maximum Gasteiger partial charge on any atom is 0.407 e. The van der Waals surface area contributed by atoms with Crippen LogP contribution in [0.25, 0.3) is 11.1 Å². The summed E-state index contributed by atoms with van der Waals surface area (Å²) in [6.07, 6.45) is 1.88. The molecule has 2 N–H and O–H groups in total. The van der Waals surface area contributed by atoms with Crippen LogP contribution in [0.1, 0.15) is 60.8 Å². The van der Waals surface area contributed by atoms with Gasteiger partial charge in [-0.1, -0.05) is 74.5 Å². The number of benzene rings is 3. The van der Waals surface area contributed by atoms with Gasteiger partial charge in [-0.05, 0) is 58.2 Å². The Hall–Kier alpha value is -3.80. The first-order valence-corrected chi connectivity index (χ1v) is 13.1. The predicted molar refractivity (Wildman–Crippen MR) is 145 cm³/mol. The Morgan fingerprint density at radius 3 is 2.19 bits per heavy atom. The standard InChI is InChI=1S/C31H34N2O4/c1-20(2)26-17-21(13-14-29(26)33-15-7-8-16-33)18-28(30(34)35)32-31(36)37-19-27-24-11-5-3-9-22(24)23-10-4-6-12-25(23)27/h3-6,9-14,17,20,27-28H,7-8,15-16,18-19H2,1-2H3,(H,32,36)(H,34,35).